The van der Waals surface area contributed by atoms with Gasteiger partial charge in [0.1, 0.15) is 0 Å². The van der Waals surface area contributed by atoms with Crippen molar-refractivity contribution in [1.82, 2.24) is 4.22 Å². The number of benzene rings is 1. The highest BCUT2D eigenvalue weighted by Gasteiger charge is 2.35. The number of carbonyl (C=O) groups excluding carboxylic acids is 1. The first-order valence-corrected chi connectivity index (χ1v) is 7.42. The molecule has 0 spiro atoms. The molecule has 102 valence electrons. The molecule has 0 aliphatic carbocycles. The van der Waals surface area contributed by atoms with Crippen molar-refractivity contribution in [2.24, 2.45) is 5.92 Å². The highest BCUT2D eigenvalue weighted by atomic mass is 32.2. The lowest BCUT2D eigenvalue weighted by Gasteiger charge is -2.31. The van der Waals surface area contributed by atoms with Crippen LogP contribution in [0.2, 0.25) is 0 Å². The van der Waals surface area contributed by atoms with E-state index in [1.165, 1.54) is 12.1 Å². The molecule has 0 aromatic heterocycles. The monoisotopic (exact) mass is 280 g/mol. The molecular formula is C12H15BNO4S-. The van der Waals surface area contributed by atoms with Crippen molar-refractivity contribution in [3.63, 3.8) is 0 Å². The van der Waals surface area contributed by atoms with Gasteiger partial charge in [-0.1, -0.05) is 31.5 Å². The minimum Gasteiger partial charge on any atom is -0.731 e. The second kappa shape index (κ2) is 4.98. The van der Waals surface area contributed by atoms with Gasteiger partial charge < -0.3 is 8.87 Å². The van der Waals surface area contributed by atoms with E-state index < -0.39 is 22.0 Å². The molecule has 0 amide bonds. The zero-order valence-corrected chi connectivity index (χ0v) is 11.8. The molecular weight excluding hydrogens is 265 g/mol. The summed E-state index contributed by atoms with van der Waals surface area (Å²) in [6, 6.07) is 5.69. The van der Waals surface area contributed by atoms with Gasteiger partial charge in [-0.2, -0.15) is 0 Å². The molecule has 0 bridgehead atoms. The van der Waals surface area contributed by atoms with E-state index in [0.29, 0.717) is 0 Å². The summed E-state index contributed by atoms with van der Waals surface area (Å²) in [6.07, 6.45) is 0. The molecule has 1 fully saturated rings. The maximum Gasteiger partial charge on any atom is 0.269 e. The van der Waals surface area contributed by atoms with E-state index in [4.69, 9.17) is 4.65 Å². The van der Waals surface area contributed by atoms with Gasteiger partial charge >= 0.3 is 0 Å². The minimum absolute atomic E-state index is 0.151. The Kier molecular flexibility index (Phi) is 3.69. The Hall–Kier alpha value is -1.34. The number of sulfonamides is 1. The third-order valence-electron chi connectivity index (χ3n) is 3.02. The largest absolute Gasteiger partial charge is 0.731 e. The topological polar surface area (TPSA) is 63.7 Å². The Balaban J connectivity index is 2.39. The van der Waals surface area contributed by atoms with Gasteiger partial charge in [0, 0.05) is 7.62 Å². The molecule has 1 aliphatic heterocycles. The molecule has 0 N–H and O–H groups in total. The molecule has 2 radical (unpaired) electrons. The summed E-state index contributed by atoms with van der Waals surface area (Å²) >= 11 is 0. The van der Waals surface area contributed by atoms with Crippen molar-refractivity contribution in [2.45, 2.75) is 31.7 Å². The van der Waals surface area contributed by atoms with Crippen LogP contribution in [0.4, 0.5) is 0 Å². The van der Waals surface area contributed by atoms with Gasteiger partial charge in [-0.15, -0.1) is 0 Å². The van der Waals surface area contributed by atoms with Crippen LogP contribution in [0.1, 0.15) is 19.4 Å². The number of aryl methyl sites for hydroxylation is 1. The first kappa shape index (κ1) is 14.1. The smallest absolute Gasteiger partial charge is 0.269 e. The Morgan fingerprint density at radius 2 is 1.84 bits per heavy atom. The maximum atomic E-state index is 12.5. The van der Waals surface area contributed by atoms with E-state index in [9.17, 15) is 13.2 Å². The van der Waals surface area contributed by atoms with Gasteiger partial charge in [-0.3, -0.25) is 4.79 Å². The van der Waals surface area contributed by atoms with Gasteiger partial charge in [-0.05, 0) is 25.0 Å². The van der Waals surface area contributed by atoms with Crippen molar-refractivity contribution < 1.29 is 17.9 Å². The van der Waals surface area contributed by atoms with Crippen molar-refractivity contribution in [1.29, 1.82) is 0 Å². The van der Waals surface area contributed by atoms with Gasteiger partial charge in [-0.25, -0.2) is 8.42 Å². The molecule has 1 aromatic carbocycles. The Bertz CT molecular complexity index is 582. The van der Waals surface area contributed by atoms with E-state index >= 15 is 0 Å². The van der Waals surface area contributed by atoms with Crippen LogP contribution < -0.4 is 0 Å². The Morgan fingerprint density at radius 1 is 1.26 bits per heavy atom. The predicted molar refractivity (Wildman–Crippen MR) is 70.7 cm³/mol. The van der Waals surface area contributed by atoms with Gasteiger partial charge in [0.2, 0.25) is 10.0 Å². The van der Waals surface area contributed by atoms with Crippen LogP contribution in [0.3, 0.4) is 0 Å². The first-order valence-electron chi connectivity index (χ1n) is 5.98. The molecule has 1 heterocycles. The molecule has 2 rings (SSSR count). The average molecular weight is 280 g/mol. The van der Waals surface area contributed by atoms with Crippen LogP contribution in [0.25, 0.3) is 0 Å². The number of rotatable bonds is 3. The lowest BCUT2D eigenvalue weighted by atomic mass is 10.0. The minimum atomic E-state index is -3.75. The van der Waals surface area contributed by atoms with Gasteiger partial charge in [0.15, 0.2) is 0 Å². The molecule has 0 saturated carbocycles. The number of carbonyl (C=O) groups is 1. The molecule has 19 heavy (non-hydrogen) atoms. The van der Waals surface area contributed by atoms with Gasteiger partial charge in [0.25, 0.3) is 5.97 Å². The fourth-order valence-corrected chi connectivity index (χ4v) is 3.46. The van der Waals surface area contributed by atoms with E-state index in [2.05, 4.69) is 0 Å². The normalized spacial score (nSPS) is 20.8. The molecule has 1 aromatic rings. The lowest BCUT2D eigenvalue weighted by molar-refractivity contribution is -0.135. The van der Waals surface area contributed by atoms with Crippen molar-refractivity contribution >= 4 is 23.6 Å². The zero-order valence-electron chi connectivity index (χ0n) is 11.0. The highest BCUT2D eigenvalue weighted by Crippen LogP contribution is 2.25. The van der Waals surface area contributed by atoms with E-state index in [1.54, 1.807) is 26.0 Å². The average Bonchev–Trinajstić information content (AvgIpc) is 2.72. The lowest BCUT2D eigenvalue weighted by Crippen LogP contribution is -2.42. The summed E-state index contributed by atoms with van der Waals surface area (Å²) in [5.74, 6) is -0.697. The molecule has 5 nitrogen and oxygen atoms in total. The van der Waals surface area contributed by atoms with E-state index in [1.807, 2.05) is 6.92 Å². The van der Waals surface area contributed by atoms with Crippen LogP contribution in [-0.4, -0.2) is 32.3 Å². The van der Waals surface area contributed by atoms with Crippen molar-refractivity contribution in [3.05, 3.63) is 29.8 Å². The summed E-state index contributed by atoms with van der Waals surface area (Å²) in [5.41, 5.74) is 0.970. The maximum absolute atomic E-state index is 12.5. The fourth-order valence-electron chi connectivity index (χ4n) is 1.95. The van der Waals surface area contributed by atoms with Crippen molar-refractivity contribution in [3.8, 4) is 0 Å². The highest BCUT2D eigenvalue weighted by molar-refractivity contribution is 7.90. The quantitative estimate of drug-likeness (QED) is 0.778. The van der Waals surface area contributed by atoms with Crippen LogP contribution in [-0.2, 0) is 19.5 Å². The predicted octanol–water partition coefficient (Wildman–Crippen LogP) is 1.10. The third-order valence-corrected chi connectivity index (χ3v) is 4.75. The number of hydrogen-bond acceptors (Lipinski definition) is 4. The van der Waals surface area contributed by atoms with Crippen molar-refractivity contribution in [2.75, 3.05) is 0 Å². The summed E-state index contributed by atoms with van der Waals surface area (Å²) in [7, 11) is -2.76. The molecule has 1 unspecified atom stereocenters. The Labute approximate surface area is 113 Å². The summed E-state index contributed by atoms with van der Waals surface area (Å²) < 4.78 is 30.7. The standard InChI is InChI=1S/C12H15BNO4S/c1-8(2)11-12(15)18-13-14(11)19(16,17)10-6-4-9(3)5-7-10/h4-8,11H,1-3H3/q-1. The number of nitrogens with zero attached hydrogens (tertiary/aromatic N) is 1. The SMILES string of the molecule is Cc1ccc(S(=O)(=O)N2[B-]OC(=O)C2C(C)C)cc1. The van der Waals surface area contributed by atoms with Crippen LogP contribution in [0.5, 0.6) is 0 Å². The van der Waals surface area contributed by atoms with E-state index in [-0.39, 0.29) is 10.8 Å². The van der Waals surface area contributed by atoms with Crippen LogP contribution in [0.15, 0.2) is 29.2 Å². The summed E-state index contributed by atoms with van der Waals surface area (Å²) in [4.78, 5) is 11.7. The second-order valence-electron chi connectivity index (χ2n) is 4.88. The molecule has 1 atom stereocenters. The molecule has 1 saturated heterocycles. The summed E-state index contributed by atoms with van der Waals surface area (Å²) in [5, 5.41) is 0. The summed E-state index contributed by atoms with van der Waals surface area (Å²) in [6.45, 7) is 5.44. The van der Waals surface area contributed by atoms with Crippen LogP contribution in [0, 0.1) is 12.8 Å². The third kappa shape index (κ3) is 2.53. The first-order chi connectivity index (χ1) is 8.84. The second-order valence-corrected chi connectivity index (χ2v) is 6.72. The fraction of sp³-hybridized carbons (Fsp3) is 0.417. The Morgan fingerprint density at radius 3 is 2.37 bits per heavy atom. The van der Waals surface area contributed by atoms with Gasteiger partial charge in [0.05, 0.1) is 10.9 Å². The zero-order chi connectivity index (χ0) is 14.2. The molecule has 7 heteroatoms. The van der Waals surface area contributed by atoms with E-state index in [0.717, 1.165) is 17.4 Å². The molecule has 1 aliphatic rings. The number of hydrogen-bond donors (Lipinski definition) is 0. The van der Waals surface area contributed by atoms with Crippen LogP contribution >= 0.6 is 0 Å².